The Morgan fingerprint density at radius 2 is 2.12 bits per heavy atom. The summed E-state index contributed by atoms with van der Waals surface area (Å²) in [6.07, 6.45) is 3.03. The zero-order valence-electron chi connectivity index (χ0n) is 8.93. The molecule has 0 unspecified atom stereocenters. The van der Waals surface area contributed by atoms with Crippen molar-refractivity contribution in [3.8, 4) is 17.6 Å². The molecule has 1 aromatic carbocycles. The van der Waals surface area contributed by atoms with Crippen molar-refractivity contribution >= 4 is 11.9 Å². The predicted molar refractivity (Wildman–Crippen MR) is 61.9 cm³/mol. The van der Waals surface area contributed by atoms with E-state index in [1.54, 1.807) is 13.2 Å². The Morgan fingerprint density at radius 3 is 2.69 bits per heavy atom. The maximum absolute atomic E-state index is 11.1. The molecule has 82 valence electrons. The Bertz CT molecular complexity index is 432. The number of hydrogen-bond donors (Lipinski definition) is 1. The van der Waals surface area contributed by atoms with Gasteiger partial charge < -0.3 is 9.84 Å². The first-order valence-electron chi connectivity index (χ1n) is 4.72. The van der Waals surface area contributed by atoms with Gasteiger partial charge in [0, 0.05) is 0 Å². The van der Waals surface area contributed by atoms with Crippen LogP contribution >= 0.6 is 0 Å². The average Bonchev–Trinajstić information content (AvgIpc) is 2.34. The number of benzene rings is 1. The van der Waals surface area contributed by atoms with Crippen molar-refractivity contribution < 1.29 is 14.6 Å². The van der Waals surface area contributed by atoms with Crippen molar-refractivity contribution in [3.05, 3.63) is 35.9 Å². The van der Waals surface area contributed by atoms with E-state index in [9.17, 15) is 4.79 Å². The summed E-state index contributed by atoms with van der Waals surface area (Å²) in [4.78, 5) is 11.1. The lowest BCUT2D eigenvalue weighted by atomic mass is 10.2. The first-order valence-corrected chi connectivity index (χ1v) is 4.72. The Kier molecular flexibility index (Phi) is 4.84. The molecule has 1 rings (SSSR count). The molecule has 0 aromatic heterocycles. The molecule has 0 atom stereocenters. The minimum absolute atomic E-state index is 0.303. The molecule has 0 amide bonds. The third kappa shape index (κ3) is 3.99. The SMILES string of the molecule is COc1ccc(/C=C/C(=O)C#CCO)cc1. The highest BCUT2D eigenvalue weighted by Crippen LogP contribution is 2.12. The van der Waals surface area contributed by atoms with Crippen LogP contribution in [0.15, 0.2) is 30.3 Å². The number of aliphatic hydroxyl groups excluding tert-OH is 1. The summed E-state index contributed by atoms with van der Waals surface area (Å²) in [5, 5.41) is 8.39. The van der Waals surface area contributed by atoms with Crippen molar-refractivity contribution in [1.82, 2.24) is 0 Å². The first-order chi connectivity index (χ1) is 7.76. The van der Waals surface area contributed by atoms with Gasteiger partial charge in [-0.15, -0.1) is 0 Å². The van der Waals surface area contributed by atoms with Gasteiger partial charge in [-0.3, -0.25) is 4.79 Å². The second-order valence-electron chi connectivity index (χ2n) is 2.93. The van der Waals surface area contributed by atoms with Crippen LogP contribution in [0.1, 0.15) is 5.56 Å². The molecule has 0 spiro atoms. The van der Waals surface area contributed by atoms with Crippen LogP contribution in [0, 0.1) is 11.8 Å². The molecule has 0 fully saturated rings. The third-order valence-corrected chi connectivity index (χ3v) is 1.83. The molecular formula is C13H12O3. The molecule has 1 N–H and O–H groups in total. The molecule has 3 nitrogen and oxygen atoms in total. The Hall–Kier alpha value is -2.05. The summed E-state index contributed by atoms with van der Waals surface area (Å²) in [7, 11) is 1.60. The quantitative estimate of drug-likeness (QED) is 0.470. The number of allylic oxidation sites excluding steroid dienone is 1. The molecule has 3 heteroatoms. The fourth-order valence-corrected chi connectivity index (χ4v) is 1.06. The maximum Gasteiger partial charge on any atom is 0.228 e. The molecule has 0 saturated carbocycles. The highest BCUT2D eigenvalue weighted by Gasteiger charge is 1.91. The monoisotopic (exact) mass is 216 g/mol. The van der Waals surface area contributed by atoms with Gasteiger partial charge in [-0.25, -0.2) is 0 Å². The fraction of sp³-hybridized carbons (Fsp3) is 0.154. The van der Waals surface area contributed by atoms with Crippen LogP contribution in [0.3, 0.4) is 0 Å². The highest BCUT2D eigenvalue weighted by atomic mass is 16.5. The summed E-state index contributed by atoms with van der Waals surface area (Å²) in [5.41, 5.74) is 0.889. The highest BCUT2D eigenvalue weighted by molar-refractivity contribution is 6.06. The van der Waals surface area contributed by atoms with Crippen molar-refractivity contribution in [2.45, 2.75) is 0 Å². The molecule has 1 aromatic rings. The standard InChI is InChI=1S/C13H12O3/c1-16-13-8-5-11(6-9-13)4-7-12(15)3-2-10-14/h4-9,14H,10H2,1H3/b7-4+. The van der Waals surface area contributed by atoms with E-state index in [4.69, 9.17) is 9.84 Å². The second-order valence-corrected chi connectivity index (χ2v) is 2.93. The van der Waals surface area contributed by atoms with Gasteiger partial charge in [0.05, 0.1) is 7.11 Å². The van der Waals surface area contributed by atoms with Gasteiger partial charge in [0.25, 0.3) is 0 Å². The first kappa shape index (κ1) is 12.0. The zero-order chi connectivity index (χ0) is 11.8. The van der Waals surface area contributed by atoms with E-state index in [1.807, 2.05) is 24.3 Å². The van der Waals surface area contributed by atoms with E-state index in [1.165, 1.54) is 6.08 Å². The minimum atomic E-state index is -0.329. The van der Waals surface area contributed by atoms with E-state index >= 15 is 0 Å². The summed E-state index contributed by atoms with van der Waals surface area (Å²) in [6, 6.07) is 7.29. The van der Waals surface area contributed by atoms with E-state index in [0.717, 1.165) is 11.3 Å². The lowest BCUT2D eigenvalue weighted by Gasteiger charge is -1.98. The normalized spacial score (nSPS) is 9.62. The summed E-state index contributed by atoms with van der Waals surface area (Å²) >= 11 is 0. The number of carbonyl (C=O) groups is 1. The summed E-state index contributed by atoms with van der Waals surface area (Å²) in [5.74, 6) is 5.00. The third-order valence-electron chi connectivity index (χ3n) is 1.83. The molecule has 16 heavy (non-hydrogen) atoms. The molecule has 0 saturated heterocycles. The van der Waals surface area contributed by atoms with Gasteiger partial charge in [-0.2, -0.15) is 0 Å². The van der Waals surface area contributed by atoms with Crippen LogP contribution in [-0.4, -0.2) is 24.6 Å². The average molecular weight is 216 g/mol. The molecule has 0 bridgehead atoms. The Morgan fingerprint density at radius 1 is 1.44 bits per heavy atom. The number of ketones is 1. The maximum atomic E-state index is 11.1. The largest absolute Gasteiger partial charge is 0.497 e. The van der Waals surface area contributed by atoms with Crippen LogP contribution in [0.2, 0.25) is 0 Å². The van der Waals surface area contributed by atoms with E-state index in [2.05, 4.69) is 11.8 Å². The van der Waals surface area contributed by atoms with Crippen molar-refractivity contribution in [2.24, 2.45) is 0 Å². The number of rotatable bonds is 3. The van der Waals surface area contributed by atoms with Gasteiger partial charge in [-0.05, 0) is 29.7 Å². The van der Waals surface area contributed by atoms with Gasteiger partial charge in [0.1, 0.15) is 12.4 Å². The molecular weight excluding hydrogens is 204 g/mol. The summed E-state index contributed by atoms with van der Waals surface area (Å²) in [6.45, 7) is -0.303. The number of methoxy groups -OCH3 is 1. The molecule has 0 aliphatic carbocycles. The smallest absolute Gasteiger partial charge is 0.228 e. The van der Waals surface area contributed by atoms with Crippen molar-refractivity contribution in [1.29, 1.82) is 0 Å². The lowest BCUT2D eigenvalue weighted by Crippen LogP contribution is -1.87. The summed E-state index contributed by atoms with van der Waals surface area (Å²) < 4.78 is 5.01. The van der Waals surface area contributed by atoms with Gasteiger partial charge >= 0.3 is 0 Å². The topological polar surface area (TPSA) is 46.5 Å². The van der Waals surface area contributed by atoms with Gasteiger partial charge in [0.2, 0.25) is 5.78 Å². The minimum Gasteiger partial charge on any atom is -0.497 e. The van der Waals surface area contributed by atoms with Crippen LogP contribution in [0.5, 0.6) is 5.75 Å². The van der Waals surface area contributed by atoms with Gasteiger partial charge in [0.15, 0.2) is 0 Å². The Labute approximate surface area is 94.4 Å². The second kappa shape index (κ2) is 6.44. The van der Waals surface area contributed by atoms with E-state index in [0.29, 0.717) is 0 Å². The van der Waals surface area contributed by atoms with Crippen molar-refractivity contribution in [2.75, 3.05) is 13.7 Å². The lowest BCUT2D eigenvalue weighted by molar-refractivity contribution is -0.109. The zero-order valence-corrected chi connectivity index (χ0v) is 8.93. The molecule has 0 heterocycles. The van der Waals surface area contributed by atoms with E-state index in [-0.39, 0.29) is 12.4 Å². The molecule has 0 aliphatic rings. The number of carbonyl (C=O) groups excluding carboxylic acids is 1. The van der Waals surface area contributed by atoms with Crippen LogP contribution in [0.25, 0.3) is 6.08 Å². The fourth-order valence-electron chi connectivity index (χ4n) is 1.06. The van der Waals surface area contributed by atoms with Crippen molar-refractivity contribution in [3.63, 3.8) is 0 Å². The number of ether oxygens (including phenoxy) is 1. The molecule has 0 radical (unpaired) electrons. The molecule has 0 aliphatic heterocycles. The number of hydrogen-bond acceptors (Lipinski definition) is 3. The predicted octanol–water partition coefficient (Wildman–Crippen LogP) is 1.27. The Balaban J connectivity index is 2.65. The number of aliphatic hydroxyl groups is 1. The van der Waals surface area contributed by atoms with Crippen LogP contribution < -0.4 is 4.74 Å². The van der Waals surface area contributed by atoms with Crippen LogP contribution in [0.4, 0.5) is 0 Å². The van der Waals surface area contributed by atoms with Crippen LogP contribution in [-0.2, 0) is 4.79 Å². The van der Waals surface area contributed by atoms with Gasteiger partial charge in [-0.1, -0.05) is 24.1 Å². The van der Waals surface area contributed by atoms with E-state index < -0.39 is 0 Å².